The Bertz CT molecular complexity index is 148. The molecule has 84 valence electrons. The Morgan fingerprint density at radius 1 is 1.43 bits per heavy atom. The molecule has 1 fully saturated rings. The number of rotatable bonds is 6. The SMILES string of the molecule is CCC(CO)(CO)NCC1CCSC1. The Balaban J connectivity index is 2.31. The van der Waals surface area contributed by atoms with Crippen molar-refractivity contribution in [3.8, 4) is 0 Å². The normalized spacial score (nSPS) is 22.9. The number of hydrogen-bond donors (Lipinski definition) is 3. The van der Waals surface area contributed by atoms with E-state index in [2.05, 4.69) is 5.32 Å². The van der Waals surface area contributed by atoms with Gasteiger partial charge in [-0.05, 0) is 36.8 Å². The van der Waals surface area contributed by atoms with Crippen LogP contribution in [0.25, 0.3) is 0 Å². The minimum Gasteiger partial charge on any atom is -0.394 e. The van der Waals surface area contributed by atoms with Crippen molar-refractivity contribution in [2.75, 3.05) is 31.3 Å². The predicted octanol–water partition coefficient (Wildman–Crippen LogP) is 0.462. The molecule has 1 heterocycles. The van der Waals surface area contributed by atoms with Crippen LogP contribution in [0.2, 0.25) is 0 Å². The van der Waals surface area contributed by atoms with Crippen LogP contribution < -0.4 is 5.32 Å². The number of aliphatic hydroxyl groups is 2. The van der Waals surface area contributed by atoms with Crippen molar-refractivity contribution >= 4 is 11.8 Å². The number of nitrogens with one attached hydrogen (secondary N) is 1. The minimum atomic E-state index is -0.465. The summed E-state index contributed by atoms with van der Waals surface area (Å²) in [4.78, 5) is 0. The number of thioether (sulfide) groups is 1. The lowest BCUT2D eigenvalue weighted by atomic mass is 9.97. The van der Waals surface area contributed by atoms with Crippen molar-refractivity contribution in [1.29, 1.82) is 0 Å². The fourth-order valence-corrected chi connectivity index (χ4v) is 2.90. The zero-order chi connectivity index (χ0) is 10.4. The molecule has 3 N–H and O–H groups in total. The first kappa shape index (κ1) is 12.3. The molecule has 0 aromatic heterocycles. The summed E-state index contributed by atoms with van der Waals surface area (Å²) in [5.41, 5.74) is -0.465. The van der Waals surface area contributed by atoms with E-state index in [0.717, 1.165) is 13.0 Å². The fourth-order valence-electron chi connectivity index (χ4n) is 1.62. The second-order valence-electron chi connectivity index (χ2n) is 4.06. The van der Waals surface area contributed by atoms with Crippen LogP contribution in [0.15, 0.2) is 0 Å². The zero-order valence-corrected chi connectivity index (χ0v) is 9.65. The average molecular weight is 219 g/mol. The molecule has 0 aromatic carbocycles. The van der Waals surface area contributed by atoms with Crippen molar-refractivity contribution in [3.05, 3.63) is 0 Å². The van der Waals surface area contributed by atoms with Crippen molar-refractivity contribution < 1.29 is 10.2 Å². The monoisotopic (exact) mass is 219 g/mol. The van der Waals surface area contributed by atoms with E-state index >= 15 is 0 Å². The lowest BCUT2D eigenvalue weighted by molar-refractivity contribution is 0.0850. The maximum atomic E-state index is 9.22. The van der Waals surface area contributed by atoms with Gasteiger partial charge in [0.05, 0.1) is 18.8 Å². The predicted molar refractivity (Wildman–Crippen MR) is 60.6 cm³/mol. The first-order valence-corrected chi connectivity index (χ1v) is 6.46. The van der Waals surface area contributed by atoms with Gasteiger partial charge in [0.15, 0.2) is 0 Å². The van der Waals surface area contributed by atoms with Gasteiger partial charge in [-0.25, -0.2) is 0 Å². The van der Waals surface area contributed by atoms with E-state index in [0.29, 0.717) is 5.92 Å². The van der Waals surface area contributed by atoms with E-state index in [1.54, 1.807) is 0 Å². The topological polar surface area (TPSA) is 52.5 Å². The molecule has 1 aliphatic rings. The molecule has 1 aliphatic heterocycles. The molecule has 1 unspecified atom stereocenters. The molecule has 0 aliphatic carbocycles. The molecular weight excluding hydrogens is 198 g/mol. The molecule has 14 heavy (non-hydrogen) atoms. The molecule has 1 saturated heterocycles. The first-order valence-electron chi connectivity index (χ1n) is 5.31. The smallest absolute Gasteiger partial charge is 0.0645 e. The van der Waals surface area contributed by atoms with Crippen LogP contribution in [0.1, 0.15) is 19.8 Å². The van der Waals surface area contributed by atoms with Gasteiger partial charge in [-0.2, -0.15) is 11.8 Å². The maximum absolute atomic E-state index is 9.22. The van der Waals surface area contributed by atoms with Crippen LogP contribution in [0.3, 0.4) is 0 Å². The molecule has 3 nitrogen and oxygen atoms in total. The van der Waals surface area contributed by atoms with Gasteiger partial charge in [0, 0.05) is 0 Å². The molecule has 0 aromatic rings. The molecule has 1 rings (SSSR count). The fraction of sp³-hybridized carbons (Fsp3) is 1.00. The highest BCUT2D eigenvalue weighted by Crippen LogP contribution is 2.23. The van der Waals surface area contributed by atoms with Crippen LogP contribution in [0.4, 0.5) is 0 Å². The lowest BCUT2D eigenvalue weighted by Gasteiger charge is -2.31. The van der Waals surface area contributed by atoms with Gasteiger partial charge in [-0.15, -0.1) is 0 Å². The van der Waals surface area contributed by atoms with Crippen LogP contribution >= 0.6 is 11.8 Å². The lowest BCUT2D eigenvalue weighted by Crippen LogP contribution is -2.52. The standard InChI is InChI=1S/C10H21NO2S/c1-2-10(7-12,8-13)11-5-9-3-4-14-6-9/h9,11-13H,2-8H2,1H3. The van der Waals surface area contributed by atoms with Crippen molar-refractivity contribution in [2.24, 2.45) is 5.92 Å². The van der Waals surface area contributed by atoms with Crippen molar-refractivity contribution in [3.63, 3.8) is 0 Å². The van der Waals surface area contributed by atoms with Crippen LogP contribution in [-0.4, -0.2) is 47.0 Å². The van der Waals surface area contributed by atoms with Gasteiger partial charge >= 0.3 is 0 Å². The van der Waals surface area contributed by atoms with Crippen LogP contribution in [0, 0.1) is 5.92 Å². The third-order valence-electron chi connectivity index (χ3n) is 3.07. The van der Waals surface area contributed by atoms with Gasteiger partial charge in [0.1, 0.15) is 0 Å². The average Bonchev–Trinajstić information content (AvgIpc) is 2.74. The van der Waals surface area contributed by atoms with Gasteiger partial charge in [-0.1, -0.05) is 6.92 Å². The Hall–Kier alpha value is 0.230. The molecule has 1 atom stereocenters. The quantitative estimate of drug-likeness (QED) is 0.607. The molecule has 0 radical (unpaired) electrons. The van der Waals surface area contributed by atoms with E-state index in [1.807, 2.05) is 18.7 Å². The Labute approximate surface area is 90.3 Å². The van der Waals surface area contributed by atoms with E-state index < -0.39 is 5.54 Å². The summed E-state index contributed by atoms with van der Waals surface area (Å²) in [6.45, 7) is 2.94. The third kappa shape index (κ3) is 3.12. The number of hydrogen-bond acceptors (Lipinski definition) is 4. The first-order chi connectivity index (χ1) is 6.76. The summed E-state index contributed by atoms with van der Waals surface area (Å²) in [5, 5.41) is 21.8. The summed E-state index contributed by atoms with van der Waals surface area (Å²) in [6, 6.07) is 0. The van der Waals surface area contributed by atoms with Crippen LogP contribution in [-0.2, 0) is 0 Å². The highest BCUT2D eigenvalue weighted by atomic mass is 32.2. The molecule has 0 saturated carbocycles. The molecule has 0 spiro atoms. The number of aliphatic hydroxyl groups excluding tert-OH is 2. The van der Waals surface area contributed by atoms with E-state index in [1.165, 1.54) is 17.9 Å². The Kier molecular flexibility index (Phi) is 5.23. The Morgan fingerprint density at radius 2 is 2.14 bits per heavy atom. The largest absolute Gasteiger partial charge is 0.394 e. The molecular formula is C10H21NO2S. The van der Waals surface area contributed by atoms with E-state index in [4.69, 9.17) is 0 Å². The molecule has 0 bridgehead atoms. The van der Waals surface area contributed by atoms with Crippen LogP contribution in [0.5, 0.6) is 0 Å². The maximum Gasteiger partial charge on any atom is 0.0645 e. The minimum absolute atomic E-state index is 0.0138. The second kappa shape index (κ2) is 5.95. The van der Waals surface area contributed by atoms with Gasteiger partial charge in [0.25, 0.3) is 0 Å². The summed E-state index contributed by atoms with van der Waals surface area (Å²) in [6.07, 6.45) is 2.02. The van der Waals surface area contributed by atoms with E-state index in [9.17, 15) is 10.2 Å². The van der Waals surface area contributed by atoms with Gasteiger partial charge in [0.2, 0.25) is 0 Å². The zero-order valence-electron chi connectivity index (χ0n) is 8.83. The summed E-state index contributed by atoms with van der Waals surface area (Å²) >= 11 is 1.99. The molecule has 0 amide bonds. The molecule has 4 heteroatoms. The Morgan fingerprint density at radius 3 is 2.57 bits per heavy atom. The summed E-state index contributed by atoms with van der Waals surface area (Å²) in [5.74, 6) is 3.18. The summed E-state index contributed by atoms with van der Waals surface area (Å²) < 4.78 is 0. The summed E-state index contributed by atoms with van der Waals surface area (Å²) in [7, 11) is 0. The third-order valence-corrected chi connectivity index (χ3v) is 4.30. The van der Waals surface area contributed by atoms with Gasteiger partial charge < -0.3 is 15.5 Å². The highest BCUT2D eigenvalue weighted by Gasteiger charge is 2.27. The second-order valence-corrected chi connectivity index (χ2v) is 5.21. The van der Waals surface area contributed by atoms with Gasteiger partial charge in [-0.3, -0.25) is 0 Å². The highest BCUT2D eigenvalue weighted by molar-refractivity contribution is 7.99. The van der Waals surface area contributed by atoms with Crippen molar-refractivity contribution in [2.45, 2.75) is 25.3 Å². The van der Waals surface area contributed by atoms with Crippen molar-refractivity contribution in [1.82, 2.24) is 5.32 Å². The van der Waals surface area contributed by atoms with E-state index in [-0.39, 0.29) is 13.2 Å².